The molecule has 1 aliphatic heterocycles. The van der Waals surface area contributed by atoms with E-state index < -0.39 is 15.6 Å². The number of hydrogen-bond donors (Lipinski definition) is 0. The number of alkyl halides is 3. The zero-order valence-electron chi connectivity index (χ0n) is 17.7. The second kappa shape index (κ2) is 14.6. The van der Waals surface area contributed by atoms with Crippen molar-refractivity contribution >= 4 is 10.1 Å². The van der Waals surface area contributed by atoms with Crippen LogP contribution in [0.3, 0.4) is 0 Å². The van der Waals surface area contributed by atoms with Gasteiger partial charge >= 0.3 is 5.51 Å². The van der Waals surface area contributed by atoms with Crippen LogP contribution in [0.2, 0.25) is 0 Å². The molecule has 0 aromatic carbocycles. The fraction of sp³-hybridized carbons (Fsp3) is 1.00. The number of quaternary nitrogens is 1. The van der Waals surface area contributed by atoms with Gasteiger partial charge in [-0.25, -0.2) is 8.42 Å². The first-order valence-corrected chi connectivity index (χ1v) is 12.4. The second-order valence-electron chi connectivity index (χ2n) is 8.03. The minimum atomic E-state index is -6.09. The van der Waals surface area contributed by atoms with Gasteiger partial charge in [-0.3, -0.25) is 0 Å². The van der Waals surface area contributed by atoms with Crippen LogP contribution in [0.15, 0.2) is 0 Å². The Kier molecular flexibility index (Phi) is 14.4. The molecule has 0 unspecified atom stereocenters. The molecule has 1 aliphatic rings. The van der Waals surface area contributed by atoms with E-state index in [2.05, 4.69) is 13.8 Å². The molecule has 0 aliphatic carbocycles. The summed E-state index contributed by atoms with van der Waals surface area (Å²) in [6.45, 7) is 10.6. The molecule has 0 aromatic heterocycles. The Bertz CT molecular complexity index is 476. The number of unbranched alkanes of at least 4 members (excludes halogenated alkanes) is 9. The highest BCUT2D eigenvalue weighted by molar-refractivity contribution is 7.86. The molecule has 170 valence electrons. The maximum Gasteiger partial charge on any atom is 0.485 e. The Morgan fingerprint density at radius 3 is 1.46 bits per heavy atom. The molecule has 0 bridgehead atoms. The van der Waals surface area contributed by atoms with Gasteiger partial charge in [0.25, 0.3) is 0 Å². The Balaban J connectivity index is 0.000000769. The van der Waals surface area contributed by atoms with Gasteiger partial charge in [-0.15, -0.1) is 0 Å². The predicted molar refractivity (Wildman–Crippen MR) is 107 cm³/mol. The number of hydrogen-bond acceptors (Lipinski definition) is 3. The van der Waals surface area contributed by atoms with E-state index in [0.717, 1.165) is 0 Å². The van der Waals surface area contributed by atoms with Crippen LogP contribution in [0.25, 0.3) is 0 Å². The number of nitrogens with zero attached hydrogens (tertiary/aromatic N) is 1. The van der Waals surface area contributed by atoms with E-state index in [9.17, 15) is 13.2 Å². The molecule has 1 rings (SSSR count). The van der Waals surface area contributed by atoms with Gasteiger partial charge in [-0.2, -0.15) is 13.2 Å². The Labute approximate surface area is 170 Å². The van der Waals surface area contributed by atoms with Crippen LogP contribution in [-0.4, -0.2) is 49.1 Å². The molecule has 0 aromatic rings. The SMILES string of the molecule is CCCCCCCCCC[N+]1(CCCCC)CCCC1.O=S(=O)([O-])C(F)(F)F. The summed E-state index contributed by atoms with van der Waals surface area (Å²) in [6.07, 6.45) is 19.0. The molecular weight excluding hydrogens is 391 g/mol. The lowest BCUT2D eigenvalue weighted by molar-refractivity contribution is -0.917. The van der Waals surface area contributed by atoms with Crippen molar-refractivity contribution in [2.45, 2.75) is 103 Å². The van der Waals surface area contributed by atoms with E-state index >= 15 is 0 Å². The quantitative estimate of drug-likeness (QED) is 0.156. The maximum absolute atomic E-state index is 10.7. The van der Waals surface area contributed by atoms with Gasteiger partial charge in [-0.1, -0.05) is 58.8 Å². The van der Waals surface area contributed by atoms with E-state index in [1.165, 1.54) is 114 Å². The van der Waals surface area contributed by atoms with Crippen LogP contribution >= 0.6 is 0 Å². The highest BCUT2D eigenvalue weighted by atomic mass is 32.2. The second-order valence-corrected chi connectivity index (χ2v) is 9.40. The first-order chi connectivity index (χ1) is 13.1. The summed E-state index contributed by atoms with van der Waals surface area (Å²) in [7, 11) is -6.09. The van der Waals surface area contributed by atoms with Crippen LogP contribution in [0.5, 0.6) is 0 Å². The average molecular weight is 432 g/mol. The third-order valence-corrected chi connectivity index (χ3v) is 6.09. The Morgan fingerprint density at radius 2 is 1.07 bits per heavy atom. The number of rotatable bonds is 13. The zero-order valence-corrected chi connectivity index (χ0v) is 18.6. The molecule has 0 saturated carbocycles. The largest absolute Gasteiger partial charge is 0.741 e. The van der Waals surface area contributed by atoms with Crippen LogP contribution in [0.4, 0.5) is 13.2 Å². The van der Waals surface area contributed by atoms with Crippen LogP contribution < -0.4 is 0 Å². The lowest BCUT2D eigenvalue weighted by Crippen LogP contribution is -2.46. The summed E-state index contributed by atoms with van der Waals surface area (Å²) in [4.78, 5) is 0. The van der Waals surface area contributed by atoms with E-state index in [1.54, 1.807) is 0 Å². The summed E-state index contributed by atoms with van der Waals surface area (Å²) in [5, 5.41) is 0. The third kappa shape index (κ3) is 13.0. The van der Waals surface area contributed by atoms with Gasteiger partial charge in [0, 0.05) is 12.8 Å². The minimum Gasteiger partial charge on any atom is -0.741 e. The number of halogens is 3. The molecular formula is C20H40F3NO3S. The first-order valence-electron chi connectivity index (χ1n) is 11.0. The molecule has 1 fully saturated rings. The highest BCUT2D eigenvalue weighted by Gasteiger charge is 2.37. The zero-order chi connectivity index (χ0) is 21.5. The molecule has 8 heteroatoms. The lowest BCUT2D eigenvalue weighted by Gasteiger charge is -2.34. The number of likely N-dealkylation sites (tertiary alicyclic amines) is 1. The van der Waals surface area contributed by atoms with Gasteiger partial charge < -0.3 is 9.04 Å². The highest BCUT2D eigenvalue weighted by Crippen LogP contribution is 2.23. The Morgan fingerprint density at radius 1 is 0.750 bits per heavy atom. The van der Waals surface area contributed by atoms with Crippen LogP contribution in [0.1, 0.15) is 97.3 Å². The third-order valence-electron chi connectivity index (χ3n) is 5.52. The van der Waals surface area contributed by atoms with Gasteiger partial charge in [0.2, 0.25) is 0 Å². The van der Waals surface area contributed by atoms with Crippen molar-refractivity contribution in [1.29, 1.82) is 0 Å². The molecule has 28 heavy (non-hydrogen) atoms. The summed E-state index contributed by atoms with van der Waals surface area (Å²) in [5.41, 5.74) is -5.65. The van der Waals surface area contributed by atoms with Crippen molar-refractivity contribution in [3.63, 3.8) is 0 Å². The lowest BCUT2D eigenvalue weighted by atomic mass is 10.1. The fourth-order valence-electron chi connectivity index (χ4n) is 3.84. The molecule has 1 heterocycles. The molecule has 0 radical (unpaired) electrons. The minimum absolute atomic E-state index is 1.37. The first kappa shape index (κ1) is 27.7. The molecule has 1 saturated heterocycles. The average Bonchev–Trinajstić information content (AvgIpc) is 3.05. The summed E-state index contributed by atoms with van der Waals surface area (Å²) in [6, 6.07) is 0. The van der Waals surface area contributed by atoms with Crippen LogP contribution in [0, 0.1) is 0 Å². The van der Waals surface area contributed by atoms with Gasteiger partial charge in [0.1, 0.15) is 0 Å². The predicted octanol–water partition coefficient (Wildman–Crippen LogP) is 5.98. The van der Waals surface area contributed by atoms with E-state index in [4.69, 9.17) is 13.0 Å². The summed E-state index contributed by atoms with van der Waals surface area (Å²) < 4.78 is 60.4. The van der Waals surface area contributed by atoms with Crippen molar-refractivity contribution in [1.82, 2.24) is 0 Å². The summed E-state index contributed by atoms with van der Waals surface area (Å²) >= 11 is 0. The van der Waals surface area contributed by atoms with Gasteiger partial charge in [-0.05, 0) is 25.7 Å². The molecule has 0 N–H and O–H groups in total. The van der Waals surface area contributed by atoms with Crippen molar-refractivity contribution in [2.75, 3.05) is 26.2 Å². The van der Waals surface area contributed by atoms with Crippen molar-refractivity contribution < 1.29 is 30.6 Å². The maximum atomic E-state index is 10.7. The molecule has 0 spiro atoms. The topological polar surface area (TPSA) is 57.2 Å². The van der Waals surface area contributed by atoms with Gasteiger partial charge in [0.15, 0.2) is 10.1 Å². The van der Waals surface area contributed by atoms with Crippen LogP contribution in [-0.2, 0) is 10.1 Å². The van der Waals surface area contributed by atoms with E-state index in [-0.39, 0.29) is 0 Å². The van der Waals surface area contributed by atoms with Crippen molar-refractivity contribution in [3.8, 4) is 0 Å². The molecule has 0 atom stereocenters. The molecule has 0 amide bonds. The van der Waals surface area contributed by atoms with E-state index in [0.29, 0.717) is 0 Å². The normalized spacial score (nSPS) is 16.6. The fourth-order valence-corrected chi connectivity index (χ4v) is 3.84. The standard InChI is InChI=1S/C19H40N.CHF3O3S/c1-3-5-7-8-9-10-11-13-17-20(16-12-6-4-2)18-14-15-19-20;2-1(3,4)8(5,6)7/h3-19H2,1-2H3;(H,5,6,7)/q+1;/p-1. The van der Waals surface area contributed by atoms with Crippen molar-refractivity contribution in [3.05, 3.63) is 0 Å². The molecule has 4 nitrogen and oxygen atoms in total. The summed E-state index contributed by atoms with van der Waals surface area (Å²) in [5.74, 6) is 0. The Hall–Kier alpha value is -0.340. The smallest absolute Gasteiger partial charge is 0.485 e. The monoisotopic (exact) mass is 431 g/mol. The van der Waals surface area contributed by atoms with Gasteiger partial charge in [0.05, 0.1) is 26.2 Å². The van der Waals surface area contributed by atoms with Crippen molar-refractivity contribution in [2.24, 2.45) is 0 Å². The van der Waals surface area contributed by atoms with E-state index in [1.807, 2.05) is 0 Å².